The quantitative estimate of drug-likeness (QED) is 0.506. The highest BCUT2D eigenvalue weighted by molar-refractivity contribution is 5.81. The molecular formula is C15H15NO2. The molecule has 2 aromatic carbocycles. The summed E-state index contributed by atoms with van der Waals surface area (Å²) in [4.78, 5) is 0. The van der Waals surface area contributed by atoms with Crippen molar-refractivity contribution < 1.29 is 9.94 Å². The van der Waals surface area contributed by atoms with E-state index in [1.165, 1.54) is 6.21 Å². The van der Waals surface area contributed by atoms with Gasteiger partial charge in [0.25, 0.3) is 0 Å². The Morgan fingerprint density at radius 1 is 1.17 bits per heavy atom. The molecule has 0 aliphatic heterocycles. The maximum Gasteiger partial charge on any atom is 0.120 e. The summed E-state index contributed by atoms with van der Waals surface area (Å²) in [7, 11) is 0. The van der Waals surface area contributed by atoms with Crippen LogP contribution in [0.4, 0.5) is 0 Å². The summed E-state index contributed by atoms with van der Waals surface area (Å²) in [6.45, 7) is 2.48. The number of rotatable bonds is 4. The molecule has 0 heterocycles. The molecule has 2 aromatic rings. The molecule has 18 heavy (non-hydrogen) atoms. The number of hydrogen-bond donors (Lipinski definition) is 1. The van der Waals surface area contributed by atoms with Crippen molar-refractivity contribution in [3.63, 3.8) is 0 Å². The molecule has 0 unspecified atom stereocenters. The standard InChI is InChI=1S/C15H15NO2/c1-12-7-8-15(9-14(12)10-16-17)18-11-13-5-3-2-4-6-13/h2-10,17H,11H2,1H3. The molecule has 2 rings (SSSR count). The van der Waals surface area contributed by atoms with E-state index in [1.807, 2.05) is 55.5 Å². The van der Waals surface area contributed by atoms with Crippen molar-refractivity contribution in [2.24, 2.45) is 5.16 Å². The molecule has 0 bridgehead atoms. The van der Waals surface area contributed by atoms with Crippen molar-refractivity contribution in [2.45, 2.75) is 13.5 Å². The summed E-state index contributed by atoms with van der Waals surface area (Å²) in [6, 6.07) is 15.7. The first-order chi connectivity index (χ1) is 8.79. The Labute approximate surface area is 106 Å². The van der Waals surface area contributed by atoms with Crippen LogP contribution in [0.25, 0.3) is 0 Å². The van der Waals surface area contributed by atoms with Gasteiger partial charge in [-0.2, -0.15) is 0 Å². The van der Waals surface area contributed by atoms with Crippen LogP contribution in [0.15, 0.2) is 53.7 Å². The van der Waals surface area contributed by atoms with E-state index in [4.69, 9.17) is 9.94 Å². The monoisotopic (exact) mass is 241 g/mol. The molecule has 0 aromatic heterocycles. The van der Waals surface area contributed by atoms with Gasteiger partial charge >= 0.3 is 0 Å². The van der Waals surface area contributed by atoms with Gasteiger partial charge in [0.05, 0.1) is 6.21 Å². The molecular weight excluding hydrogens is 226 g/mol. The molecule has 0 saturated heterocycles. The molecule has 0 aliphatic rings. The Morgan fingerprint density at radius 2 is 1.94 bits per heavy atom. The molecule has 3 heteroatoms. The summed E-state index contributed by atoms with van der Waals surface area (Å²) in [6.07, 6.45) is 1.41. The minimum Gasteiger partial charge on any atom is -0.489 e. The van der Waals surface area contributed by atoms with Crippen LogP contribution in [0.3, 0.4) is 0 Å². The Kier molecular flexibility index (Phi) is 3.97. The summed E-state index contributed by atoms with van der Waals surface area (Å²) < 4.78 is 5.69. The molecule has 1 N–H and O–H groups in total. The molecule has 0 aliphatic carbocycles. The first kappa shape index (κ1) is 12.2. The van der Waals surface area contributed by atoms with E-state index >= 15 is 0 Å². The van der Waals surface area contributed by atoms with Crippen LogP contribution in [0.5, 0.6) is 5.75 Å². The van der Waals surface area contributed by atoms with Crippen molar-refractivity contribution in [3.8, 4) is 5.75 Å². The molecule has 0 radical (unpaired) electrons. The largest absolute Gasteiger partial charge is 0.489 e. The minimum absolute atomic E-state index is 0.527. The first-order valence-electron chi connectivity index (χ1n) is 5.74. The topological polar surface area (TPSA) is 41.8 Å². The van der Waals surface area contributed by atoms with E-state index in [9.17, 15) is 0 Å². The predicted molar refractivity (Wildman–Crippen MR) is 71.3 cm³/mol. The zero-order valence-electron chi connectivity index (χ0n) is 10.2. The fraction of sp³-hybridized carbons (Fsp3) is 0.133. The van der Waals surface area contributed by atoms with Crippen LogP contribution < -0.4 is 4.74 Å². The molecule has 0 saturated carbocycles. The number of hydrogen-bond acceptors (Lipinski definition) is 3. The zero-order chi connectivity index (χ0) is 12.8. The smallest absolute Gasteiger partial charge is 0.120 e. The van der Waals surface area contributed by atoms with E-state index in [0.717, 1.165) is 22.4 Å². The third-order valence-electron chi connectivity index (χ3n) is 2.70. The van der Waals surface area contributed by atoms with Crippen LogP contribution >= 0.6 is 0 Å². The zero-order valence-corrected chi connectivity index (χ0v) is 10.2. The van der Waals surface area contributed by atoms with Crippen molar-refractivity contribution in [2.75, 3.05) is 0 Å². The van der Waals surface area contributed by atoms with Gasteiger partial charge in [-0.05, 0) is 30.2 Å². The van der Waals surface area contributed by atoms with Crippen molar-refractivity contribution in [1.82, 2.24) is 0 Å². The minimum atomic E-state index is 0.527. The van der Waals surface area contributed by atoms with E-state index in [2.05, 4.69) is 5.16 Å². The highest BCUT2D eigenvalue weighted by Crippen LogP contribution is 2.17. The number of aryl methyl sites for hydroxylation is 1. The Hall–Kier alpha value is -2.29. The van der Waals surface area contributed by atoms with Crippen molar-refractivity contribution in [1.29, 1.82) is 0 Å². The fourth-order valence-electron chi connectivity index (χ4n) is 1.65. The molecule has 0 atom stereocenters. The third-order valence-corrected chi connectivity index (χ3v) is 2.70. The van der Waals surface area contributed by atoms with Crippen LogP contribution in [0.1, 0.15) is 16.7 Å². The summed E-state index contributed by atoms with van der Waals surface area (Å²) in [5.74, 6) is 0.763. The van der Waals surface area contributed by atoms with Gasteiger partial charge in [0.2, 0.25) is 0 Å². The van der Waals surface area contributed by atoms with Crippen LogP contribution in [0, 0.1) is 6.92 Å². The van der Waals surface area contributed by atoms with Crippen molar-refractivity contribution in [3.05, 3.63) is 65.2 Å². The Bertz CT molecular complexity index is 535. The highest BCUT2D eigenvalue weighted by Gasteiger charge is 2.00. The molecule has 92 valence electrons. The maximum absolute atomic E-state index is 8.57. The number of ether oxygens (including phenoxy) is 1. The number of oxime groups is 1. The lowest BCUT2D eigenvalue weighted by Crippen LogP contribution is -1.96. The van der Waals surface area contributed by atoms with Gasteiger partial charge in [-0.1, -0.05) is 41.6 Å². The van der Waals surface area contributed by atoms with Gasteiger partial charge in [0.1, 0.15) is 12.4 Å². The van der Waals surface area contributed by atoms with Gasteiger partial charge in [0, 0.05) is 5.56 Å². The molecule has 0 spiro atoms. The fourth-order valence-corrected chi connectivity index (χ4v) is 1.65. The lowest BCUT2D eigenvalue weighted by Gasteiger charge is -2.08. The normalized spacial score (nSPS) is 10.7. The van der Waals surface area contributed by atoms with Crippen LogP contribution in [-0.2, 0) is 6.61 Å². The maximum atomic E-state index is 8.57. The van der Waals surface area contributed by atoms with Gasteiger partial charge in [-0.25, -0.2) is 0 Å². The summed E-state index contributed by atoms with van der Waals surface area (Å²) in [5, 5.41) is 11.6. The van der Waals surface area contributed by atoms with E-state index in [1.54, 1.807) is 0 Å². The summed E-state index contributed by atoms with van der Waals surface area (Å²) in [5.41, 5.74) is 3.01. The highest BCUT2D eigenvalue weighted by atomic mass is 16.5. The Balaban J connectivity index is 2.08. The number of nitrogens with zero attached hydrogens (tertiary/aromatic N) is 1. The van der Waals surface area contributed by atoms with Crippen LogP contribution in [-0.4, -0.2) is 11.4 Å². The summed E-state index contributed by atoms with van der Waals surface area (Å²) >= 11 is 0. The van der Waals surface area contributed by atoms with Gasteiger partial charge in [-0.3, -0.25) is 0 Å². The average molecular weight is 241 g/mol. The second-order valence-electron chi connectivity index (χ2n) is 4.04. The van der Waals surface area contributed by atoms with E-state index in [0.29, 0.717) is 6.61 Å². The Morgan fingerprint density at radius 3 is 2.67 bits per heavy atom. The molecule has 3 nitrogen and oxygen atoms in total. The average Bonchev–Trinajstić information content (AvgIpc) is 2.41. The van der Waals surface area contributed by atoms with E-state index in [-0.39, 0.29) is 0 Å². The SMILES string of the molecule is Cc1ccc(OCc2ccccc2)cc1C=NO. The lowest BCUT2D eigenvalue weighted by molar-refractivity contribution is 0.306. The second-order valence-corrected chi connectivity index (χ2v) is 4.04. The van der Waals surface area contributed by atoms with Gasteiger partial charge < -0.3 is 9.94 Å². The molecule has 0 amide bonds. The lowest BCUT2D eigenvalue weighted by atomic mass is 10.1. The van der Waals surface area contributed by atoms with Gasteiger partial charge in [-0.15, -0.1) is 0 Å². The first-order valence-corrected chi connectivity index (χ1v) is 5.74. The third kappa shape index (κ3) is 3.10. The van der Waals surface area contributed by atoms with Crippen molar-refractivity contribution >= 4 is 6.21 Å². The van der Waals surface area contributed by atoms with Crippen LogP contribution in [0.2, 0.25) is 0 Å². The predicted octanol–water partition coefficient (Wildman–Crippen LogP) is 3.38. The molecule has 0 fully saturated rings. The van der Waals surface area contributed by atoms with Gasteiger partial charge in [0.15, 0.2) is 0 Å². The van der Waals surface area contributed by atoms with E-state index < -0.39 is 0 Å². The second kappa shape index (κ2) is 5.87. The number of benzene rings is 2.